The van der Waals surface area contributed by atoms with E-state index >= 15 is 0 Å². The average Bonchev–Trinajstić information content (AvgIpc) is 3.20. The number of carbonyl (C=O) groups excluding carboxylic acids is 1. The molecule has 5 heterocycles. The van der Waals surface area contributed by atoms with Gasteiger partial charge in [0.05, 0.1) is 0 Å². The highest BCUT2D eigenvalue weighted by Crippen LogP contribution is 2.39. The lowest BCUT2D eigenvalue weighted by Gasteiger charge is -2.31. The molecule has 6 rings (SSSR count). The third kappa shape index (κ3) is 4.15. The largest absolute Gasteiger partial charge is 0.351 e. The fourth-order valence-electron chi connectivity index (χ4n) is 4.99. The van der Waals surface area contributed by atoms with E-state index in [1.165, 1.54) is 18.5 Å². The average molecular weight is 450 g/mol. The Morgan fingerprint density at radius 2 is 2.00 bits per heavy atom. The molecule has 0 aromatic carbocycles. The van der Waals surface area contributed by atoms with Crippen molar-refractivity contribution in [2.45, 2.75) is 56.5 Å². The fourth-order valence-corrected chi connectivity index (χ4v) is 4.99. The van der Waals surface area contributed by atoms with Crippen molar-refractivity contribution in [1.29, 1.82) is 0 Å². The maximum absolute atomic E-state index is 13.2. The SMILES string of the molecule is CN1CCC(NC(=O)C2CCCN2c2nc(Nc3cc(C4CC4)[nH]n3)c3cccn3n2)CC1. The van der Waals surface area contributed by atoms with Gasteiger partial charge in [-0.15, -0.1) is 5.10 Å². The molecular weight excluding hydrogens is 418 g/mol. The molecule has 10 nitrogen and oxygen atoms in total. The number of piperidine rings is 1. The molecule has 1 amide bonds. The fraction of sp³-hybridized carbons (Fsp3) is 0.565. The Labute approximate surface area is 192 Å². The summed E-state index contributed by atoms with van der Waals surface area (Å²) in [7, 11) is 2.13. The summed E-state index contributed by atoms with van der Waals surface area (Å²) < 4.78 is 1.82. The number of aromatic amines is 1. The van der Waals surface area contributed by atoms with Crippen molar-refractivity contribution in [3.63, 3.8) is 0 Å². The summed E-state index contributed by atoms with van der Waals surface area (Å²) in [5.74, 6) is 2.72. The number of likely N-dealkylation sites (tertiary alicyclic amines) is 1. The molecule has 0 bridgehead atoms. The van der Waals surface area contributed by atoms with Gasteiger partial charge in [-0.2, -0.15) is 10.1 Å². The van der Waals surface area contributed by atoms with E-state index in [1.807, 2.05) is 22.8 Å². The Morgan fingerprint density at radius 3 is 2.82 bits per heavy atom. The van der Waals surface area contributed by atoms with Crippen LogP contribution in [-0.4, -0.2) is 74.4 Å². The van der Waals surface area contributed by atoms with Crippen LogP contribution in [0.15, 0.2) is 24.4 Å². The van der Waals surface area contributed by atoms with E-state index in [0.717, 1.165) is 56.7 Å². The second-order valence-electron chi connectivity index (χ2n) is 9.64. The summed E-state index contributed by atoms with van der Waals surface area (Å²) in [4.78, 5) is 22.4. The third-order valence-corrected chi connectivity index (χ3v) is 7.12. The normalized spacial score (nSPS) is 22.2. The molecular formula is C23H31N9O. The van der Waals surface area contributed by atoms with Crippen molar-refractivity contribution in [3.8, 4) is 0 Å². The highest BCUT2D eigenvalue weighted by molar-refractivity contribution is 5.86. The number of nitrogens with zero attached hydrogens (tertiary/aromatic N) is 6. The number of hydrogen-bond donors (Lipinski definition) is 3. The van der Waals surface area contributed by atoms with Gasteiger partial charge >= 0.3 is 0 Å². The van der Waals surface area contributed by atoms with Gasteiger partial charge < -0.3 is 20.4 Å². The molecule has 3 aromatic rings. The minimum absolute atomic E-state index is 0.0918. The Hall–Kier alpha value is -3.14. The number of H-pyrrole nitrogens is 1. The van der Waals surface area contributed by atoms with Gasteiger partial charge in [-0.25, -0.2) is 4.52 Å². The van der Waals surface area contributed by atoms with Crippen molar-refractivity contribution >= 4 is 29.0 Å². The zero-order valence-corrected chi connectivity index (χ0v) is 19.0. The van der Waals surface area contributed by atoms with Crippen molar-refractivity contribution in [2.24, 2.45) is 0 Å². The molecule has 1 atom stereocenters. The van der Waals surface area contributed by atoms with E-state index in [2.05, 4.69) is 43.7 Å². The highest BCUT2D eigenvalue weighted by Gasteiger charge is 2.34. The van der Waals surface area contributed by atoms with Crippen LogP contribution < -0.4 is 15.5 Å². The number of rotatable bonds is 6. The number of carbonyl (C=O) groups is 1. The Bertz CT molecular complexity index is 1140. The predicted molar refractivity (Wildman–Crippen MR) is 126 cm³/mol. The molecule has 3 aliphatic rings. The minimum Gasteiger partial charge on any atom is -0.351 e. The summed E-state index contributed by atoms with van der Waals surface area (Å²) in [6, 6.07) is 6.01. The number of aromatic nitrogens is 5. The van der Waals surface area contributed by atoms with Crippen LogP contribution in [0.3, 0.4) is 0 Å². The molecule has 1 unspecified atom stereocenters. The van der Waals surface area contributed by atoms with Crippen LogP contribution in [0.5, 0.6) is 0 Å². The molecule has 1 saturated carbocycles. The third-order valence-electron chi connectivity index (χ3n) is 7.12. The standard InChI is InChI=1S/C23H31N9O/c1-30-12-8-16(9-13-30)24-22(33)19-5-2-10-31(19)23-26-21(18-4-3-11-32(18)29-23)25-20-14-17(27-28-20)15-6-7-15/h3-4,11,14-16,19H,2,5-10,12-13H2,1H3,(H,24,33)(H2,25,26,27,28,29). The zero-order valence-electron chi connectivity index (χ0n) is 19.0. The number of amides is 1. The second-order valence-corrected chi connectivity index (χ2v) is 9.64. The Kier molecular flexibility index (Phi) is 5.17. The number of nitrogens with one attached hydrogen (secondary N) is 3. The van der Waals surface area contributed by atoms with E-state index in [0.29, 0.717) is 17.7 Å². The molecule has 33 heavy (non-hydrogen) atoms. The molecule has 10 heteroatoms. The van der Waals surface area contributed by atoms with Gasteiger partial charge in [0.15, 0.2) is 11.6 Å². The van der Waals surface area contributed by atoms with Gasteiger partial charge in [-0.1, -0.05) is 0 Å². The molecule has 2 aliphatic heterocycles. The summed E-state index contributed by atoms with van der Waals surface area (Å²) in [6.45, 7) is 2.82. The summed E-state index contributed by atoms with van der Waals surface area (Å²) in [6.07, 6.45) is 8.12. The van der Waals surface area contributed by atoms with Crippen LogP contribution in [0, 0.1) is 0 Å². The molecule has 2 saturated heterocycles. The van der Waals surface area contributed by atoms with Gasteiger partial charge in [-0.3, -0.25) is 9.89 Å². The lowest BCUT2D eigenvalue weighted by Crippen LogP contribution is -2.50. The second kappa shape index (κ2) is 8.33. The summed E-state index contributed by atoms with van der Waals surface area (Å²) in [5.41, 5.74) is 2.05. The Morgan fingerprint density at radius 1 is 1.15 bits per heavy atom. The quantitative estimate of drug-likeness (QED) is 0.530. The van der Waals surface area contributed by atoms with Crippen LogP contribution in [0.2, 0.25) is 0 Å². The first-order chi connectivity index (χ1) is 16.1. The van der Waals surface area contributed by atoms with Crippen LogP contribution in [0.25, 0.3) is 5.52 Å². The van der Waals surface area contributed by atoms with Crippen LogP contribution >= 0.6 is 0 Å². The van der Waals surface area contributed by atoms with E-state index in [-0.39, 0.29) is 18.0 Å². The van der Waals surface area contributed by atoms with Crippen LogP contribution in [0.4, 0.5) is 17.6 Å². The smallest absolute Gasteiger partial charge is 0.246 e. The van der Waals surface area contributed by atoms with Crippen molar-refractivity contribution in [1.82, 2.24) is 35.0 Å². The highest BCUT2D eigenvalue weighted by atomic mass is 16.2. The topological polar surface area (TPSA) is 106 Å². The van der Waals surface area contributed by atoms with Gasteiger partial charge in [0.1, 0.15) is 11.6 Å². The molecule has 0 spiro atoms. The molecule has 1 aliphatic carbocycles. The maximum atomic E-state index is 13.2. The predicted octanol–water partition coefficient (Wildman–Crippen LogP) is 2.25. The first-order valence-electron chi connectivity index (χ1n) is 12.1. The monoisotopic (exact) mass is 449 g/mol. The first kappa shape index (κ1) is 20.5. The van der Waals surface area contributed by atoms with Gasteiger partial charge in [0.25, 0.3) is 0 Å². The number of hydrogen-bond acceptors (Lipinski definition) is 7. The lowest BCUT2D eigenvalue weighted by molar-refractivity contribution is -0.123. The van der Waals surface area contributed by atoms with E-state index in [4.69, 9.17) is 10.1 Å². The molecule has 0 radical (unpaired) electrons. The number of anilines is 3. The Balaban J connectivity index is 1.23. The molecule has 3 aromatic heterocycles. The lowest BCUT2D eigenvalue weighted by atomic mass is 10.0. The molecule has 174 valence electrons. The summed E-state index contributed by atoms with van der Waals surface area (Å²) >= 11 is 0. The van der Waals surface area contributed by atoms with Gasteiger partial charge in [0, 0.05) is 36.5 Å². The van der Waals surface area contributed by atoms with Crippen LogP contribution in [0.1, 0.15) is 50.1 Å². The number of fused-ring (bicyclic) bond motifs is 1. The summed E-state index contributed by atoms with van der Waals surface area (Å²) in [5, 5.41) is 18.9. The van der Waals surface area contributed by atoms with E-state index in [1.54, 1.807) is 0 Å². The van der Waals surface area contributed by atoms with Crippen LogP contribution in [-0.2, 0) is 4.79 Å². The van der Waals surface area contributed by atoms with Gasteiger partial charge in [-0.05, 0) is 70.8 Å². The molecule has 3 N–H and O–H groups in total. The van der Waals surface area contributed by atoms with Crippen molar-refractivity contribution < 1.29 is 4.79 Å². The van der Waals surface area contributed by atoms with E-state index < -0.39 is 0 Å². The van der Waals surface area contributed by atoms with E-state index in [9.17, 15) is 4.79 Å². The first-order valence-corrected chi connectivity index (χ1v) is 12.1. The van der Waals surface area contributed by atoms with Gasteiger partial charge in [0.2, 0.25) is 11.9 Å². The van der Waals surface area contributed by atoms with Crippen molar-refractivity contribution in [2.75, 3.05) is 36.9 Å². The zero-order chi connectivity index (χ0) is 22.4. The maximum Gasteiger partial charge on any atom is 0.246 e. The molecule has 3 fully saturated rings. The van der Waals surface area contributed by atoms with Crippen molar-refractivity contribution in [3.05, 3.63) is 30.1 Å². The minimum atomic E-state index is -0.239.